The lowest BCUT2D eigenvalue weighted by atomic mass is 9.99. The molecule has 0 fully saturated rings. The first-order valence-electron chi connectivity index (χ1n) is 10.7. The van der Waals surface area contributed by atoms with Crippen LogP contribution in [0.5, 0.6) is 5.75 Å². The molecule has 0 saturated carbocycles. The molecular weight excluding hydrogens is 468 g/mol. The minimum atomic E-state index is -3.80. The first-order chi connectivity index (χ1) is 16.5. The Morgan fingerprint density at radius 1 is 1.00 bits per heavy atom. The van der Waals surface area contributed by atoms with E-state index in [4.69, 9.17) is 9.57 Å². The number of hydrogen-bond acceptors (Lipinski definition) is 5. The van der Waals surface area contributed by atoms with Gasteiger partial charge in [-0.25, -0.2) is 5.06 Å². The van der Waals surface area contributed by atoms with Gasteiger partial charge < -0.3 is 14.2 Å². The molecule has 2 aromatic carbocycles. The zero-order valence-electron chi connectivity index (χ0n) is 20.9. The summed E-state index contributed by atoms with van der Waals surface area (Å²) >= 11 is 0. The van der Waals surface area contributed by atoms with E-state index < -0.39 is 10.0 Å². The lowest BCUT2D eigenvalue weighted by molar-refractivity contribution is -0.0762. The Morgan fingerprint density at radius 3 is 2.20 bits per heavy atom. The molecule has 0 aliphatic carbocycles. The number of nitrogens with zero attached hydrogens (tertiary/aromatic N) is 4. The van der Waals surface area contributed by atoms with Crippen LogP contribution in [0.15, 0.2) is 57.8 Å². The van der Waals surface area contributed by atoms with E-state index in [0.29, 0.717) is 11.4 Å². The lowest BCUT2D eigenvalue weighted by Gasteiger charge is -2.16. The number of hydrogen-bond donors (Lipinski definition) is 0. The molecule has 0 spiro atoms. The SMILES string of the molecule is COc1ccc(-c2c(C)cc(C(=O)N(C)OC)n2C)cc1-c1ccc(S(=O)(=O)/N=C\N(C)C)cc1. The van der Waals surface area contributed by atoms with Gasteiger partial charge in [-0.2, -0.15) is 8.42 Å². The molecule has 9 nitrogen and oxygen atoms in total. The quantitative estimate of drug-likeness (QED) is 0.268. The highest BCUT2D eigenvalue weighted by Gasteiger charge is 2.21. The van der Waals surface area contributed by atoms with Gasteiger partial charge >= 0.3 is 0 Å². The van der Waals surface area contributed by atoms with Crippen LogP contribution in [0.3, 0.4) is 0 Å². The van der Waals surface area contributed by atoms with E-state index in [2.05, 4.69) is 4.40 Å². The number of sulfonamides is 1. The smallest absolute Gasteiger partial charge is 0.293 e. The summed E-state index contributed by atoms with van der Waals surface area (Å²) in [6.07, 6.45) is 1.25. The predicted octanol–water partition coefficient (Wildman–Crippen LogP) is 3.59. The molecule has 3 rings (SSSR count). The van der Waals surface area contributed by atoms with E-state index in [1.54, 1.807) is 45.3 Å². The van der Waals surface area contributed by atoms with Crippen LogP contribution in [0.2, 0.25) is 0 Å². The number of hydroxylamine groups is 2. The summed E-state index contributed by atoms with van der Waals surface area (Å²) in [6, 6.07) is 14.1. The molecule has 186 valence electrons. The molecule has 3 aromatic rings. The van der Waals surface area contributed by atoms with Crippen molar-refractivity contribution in [2.45, 2.75) is 11.8 Å². The van der Waals surface area contributed by atoms with Crippen LogP contribution in [0.4, 0.5) is 0 Å². The molecule has 0 saturated heterocycles. The van der Waals surface area contributed by atoms with Crippen molar-refractivity contribution in [1.29, 1.82) is 0 Å². The van der Waals surface area contributed by atoms with Crippen LogP contribution in [-0.2, 0) is 21.9 Å². The molecule has 1 aromatic heterocycles. The summed E-state index contributed by atoms with van der Waals surface area (Å²) in [5.41, 5.74) is 4.74. The topological polar surface area (TPSA) is 93.4 Å². The fourth-order valence-corrected chi connectivity index (χ4v) is 4.64. The Kier molecular flexibility index (Phi) is 7.67. The van der Waals surface area contributed by atoms with Crippen molar-refractivity contribution in [2.24, 2.45) is 11.4 Å². The number of carbonyl (C=O) groups is 1. The first kappa shape index (κ1) is 26.0. The molecule has 10 heteroatoms. The molecule has 1 amide bonds. The maximum atomic E-state index is 12.7. The van der Waals surface area contributed by atoms with Crippen LogP contribution >= 0.6 is 0 Å². The van der Waals surface area contributed by atoms with Crippen molar-refractivity contribution in [1.82, 2.24) is 14.5 Å². The molecule has 0 bridgehead atoms. The van der Waals surface area contributed by atoms with E-state index in [-0.39, 0.29) is 10.8 Å². The van der Waals surface area contributed by atoms with Crippen molar-refractivity contribution >= 4 is 22.3 Å². The Bertz CT molecular complexity index is 1360. The number of amides is 1. The average Bonchev–Trinajstić information content (AvgIpc) is 3.15. The fraction of sp³-hybridized carbons (Fsp3) is 0.280. The standard InChI is InChI=1S/C25H30N4O5S/c1-17-14-22(25(30)29(5)34-7)28(4)24(17)19-10-13-23(33-6)21(15-19)18-8-11-20(12-9-18)35(31,32)26-16-27(2)3/h8-16H,1-7H3/b26-16-. The van der Waals surface area contributed by atoms with Crippen molar-refractivity contribution in [2.75, 3.05) is 35.4 Å². The number of rotatable bonds is 8. The van der Waals surface area contributed by atoms with E-state index >= 15 is 0 Å². The molecule has 0 aliphatic heterocycles. The van der Waals surface area contributed by atoms with Gasteiger partial charge in [0.15, 0.2) is 0 Å². The summed E-state index contributed by atoms with van der Waals surface area (Å²) in [4.78, 5) is 19.4. The molecule has 0 radical (unpaired) electrons. The van der Waals surface area contributed by atoms with E-state index in [1.165, 1.54) is 30.6 Å². The zero-order valence-corrected chi connectivity index (χ0v) is 21.8. The van der Waals surface area contributed by atoms with Crippen LogP contribution < -0.4 is 4.74 Å². The van der Waals surface area contributed by atoms with E-state index in [0.717, 1.165) is 27.9 Å². The van der Waals surface area contributed by atoms with Crippen molar-refractivity contribution in [3.63, 3.8) is 0 Å². The largest absolute Gasteiger partial charge is 0.496 e. The zero-order chi connectivity index (χ0) is 25.9. The predicted molar refractivity (Wildman–Crippen MR) is 136 cm³/mol. The molecule has 0 atom stereocenters. The lowest BCUT2D eigenvalue weighted by Crippen LogP contribution is -2.27. The molecule has 0 N–H and O–H groups in total. The van der Waals surface area contributed by atoms with Gasteiger partial charge in [0.2, 0.25) is 0 Å². The second-order valence-electron chi connectivity index (χ2n) is 8.20. The van der Waals surface area contributed by atoms with Gasteiger partial charge in [-0.05, 0) is 60.0 Å². The van der Waals surface area contributed by atoms with Crippen LogP contribution in [0, 0.1) is 6.92 Å². The number of aromatic nitrogens is 1. The first-order valence-corrected chi connectivity index (χ1v) is 12.2. The Hall–Kier alpha value is -3.63. The Balaban J connectivity index is 2.05. The third-order valence-electron chi connectivity index (χ3n) is 5.56. The van der Waals surface area contributed by atoms with Crippen molar-refractivity contribution in [3.05, 3.63) is 59.8 Å². The monoisotopic (exact) mass is 498 g/mol. The van der Waals surface area contributed by atoms with Crippen LogP contribution in [0.25, 0.3) is 22.4 Å². The number of carbonyl (C=O) groups excluding carboxylic acids is 1. The minimum Gasteiger partial charge on any atom is -0.496 e. The van der Waals surface area contributed by atoms with Crippen molar-refractivity contribution < 1.29 is 22.8 Å². The number of ether oxygens (including phenoxy) is 1. The molecular formula is C25H30N4O5S. The Morgan fingerprint density at radius 2 is 1.63 bits per heavy atom. The van der Waals surface area contributed by atoms with E-state index in [1.807, 2.05) is 42.8 Å². The average molecular weight is 499 g/mol. The van der Waals surface area contributed by atoms with Gasteiger partial charge in [-0.15, -0.1) is 4.40 Å². The summed E-state index contributed by atoms with van der Waals surface area (Å²) in [5, 5.41) is 1.18. The van der Waals surface area contributed by atoms with Gasteiger partial charge in [0.1, 0.15) is 17.8 Å². The highest BCUT2D eigenvalue weighted by molar-refractivity contribution is 7.90. The van der Waals surface area contributed by atoms with Gasteiger partial charge in [0.25, 0.3) is 15.9 Å². The highest BCUT2D eigenvalue weighted by atomic mass is 32.2. The van der Waals surface area contributed by atoms with Crippen molar-refractivity contribution in [3.8, 4) is 28.1 Å². The summed E-state index contributed by atoms with van der Waals surface area (Å²) in [6.45, 7) is 1.94. The summed E-state index contributed by atoms with van der Waals surface area (Å²) in [7, 11) is 6.01. The number of aryl methyl sites for hydroxylation is 1. The third-order valence-corrected chi connectivity index (χ3v) is 6.80. The van der Waals surface area contributed by atoms with Crippen LogP contribution in [-0.4, -0.2) is 70.6 Å². The van der Waals surface area contributed by atoms with Gasteiger partial charge in [-0.1, -0.05) is 12.1 Å². The third kappa shape index (κ3) is 5.39. The maximum absolute atomic E-state index is 12.7. The molecule has 0 unspecified atom stereocenters. The second kappa shape index (κ2) is 10.3. The fourth-order valence-electron chi connectivity index (χ4n) is 3.73. The normalized spacial score (nSPS) is 11.6. The number of benzene rings is 2. The van der Waals surface area contributed by atoms with Gasteiger partial charge in [-0.3, -0.25) is 9.63 Å². The van der Waals surface area contributed by atoms with E-state index in [9.17, 15) is 13.2 Å². The van der Waals surface area contributed by atoms with Gasteiger partial charge in [0.05, 0.1) is 24.8 Å². The molecule has 1 heterocycles. The maximum Gasteiger partial charge on any atom is 0.293 e. The van der Waals surface area contributed by atoms with Gasteiger partial charge in [0, 0.05) is 33.8 Å². The second-order valence-corrected chi connectivity index (χ2v) is 9.84. The highest BCUT2D eigenvalue weighted by Crippen LogP contribution is 2.36. The number of methoxy groups -OCH3 is 1. The van der Waals surface area contributed by atoms with Crippen LogP contribution in [0.1, 0.15) is 16.1 Å². The Labute approximate surface area is 206 Å². The molecule has 35 heavy (non-hydrogen) atoms. The summed E-state index contributed by atoms with van der Waals surface area (Å²) in [5.74, 6) is 0.379. The summed E-state index contributed by atoms with van der Waals surface area (Å²) < 4.78 is 36.0. The minimum absolute atomic E-state index is 0.0955. The molecule has 0 aliphatic rings.